The minimum atomic E-state index is -4.13. The summed E-state index contributed by atoms with van der Waals surface area (Å²) in [6, 6.07) is 13.2. The Morgan fingerprint density at radius 3 is 2.48 bits per heavy atom. The molecule has 0 saturated heterocycles. The van der Waals surface area contributed by atoms with E-state index < -0.39 is 12.6 Å². The molecule has 1 atom stereocenters. The van der Waals surface area contributed by atoms with Crippen molar-refractivity contribution >= 4 is 37.9 Å². The summed E-state index contributed by atoms with van der Waals surface area (Å²) in [5.41, 5.74) is 2.36. The van der Waals surface area contributed by atoms with Crippen molar-refractivity contribution < 1.29 is 17.6 Å². The van der Waals surface area contributed by atoms with Gasteiger partial charge in [0, 0.05) is 22.0 Å². The summed E-state index contributed by atoms with van der Waals surface area (Å²) in [6.07, 6.45) is -4.91. The second-order valence-electron chi connectivity index (χ2n) is 4.98. The van der Waals surface area contributed by atoms with Gasteiger partial charge in [-0.1, -0.05) is 40.2 Å². The molecule has 21 heavy (non-hydrogen) atoms. The van der Waals surface area contributed by atoms with Crippen molar-refractivity contribution in [2.24, 2.45) is 0 Å². The highest BCUT2D eigenvalue weighted by Gasteiger charge is 2.28. The van der Waals surface area contributed by atoms with Crippen LogP contribution in [-0.4, -0.2) is 6.18 Å². The molecule has 3 rings (SSSR count). The highest BCUT2D eigenvalue weighted by atomic mass is 79.9. The van der Waals surface area contributed by atoms with E-state index in [1.54, 1.807) is 6.07 Å². The second kappa shape index (κ2) is 5.37. The fraction of sp³-hybridized carbons (Fsp3) is 0.250. The van der Waals surface area contributed by atoms with E-state index in [4.69, 9.17) is 4.42 Å². The quantitative estimate of drug-likeness (QED) is 0.497. The molecule has 0 fully saturated rings. The third-order valence-corrected chi connectivity index (χ3v) is 4.43. The van der Waals surface area contributed by atoms with Gasteiger partial charge in [-0.3, -0.25) is 0 Å². The lowest BCUT2D eigenvalue weighted by molar-refractivity contribution is -0.135. The Balaban J connectivity index is 1.94. The lowest BCUT2D eigenvalue weighted by atomic mass is 10.0. The Labute approximate surface area is 127 Å². The predicted molar refractivity (Wildman–Crippen MR) is 80.7 cm³/mol. The summed E-state index contributed by atoms with van der Waals surface area (Å²) in [4.78, 5) is -0.322. The van der Waals surface area contributed by atoms with E-state index in [-0.39, 0.29) is 11.2 Å². The Morgan fingerprint density at radius 1 is 1.00 bits per heavy atom. The molecule has 0 aliphatic rings. The van der Waals surface area contributed by atoms with Crippen LogP contribution in [-0.2, 0) is 0 Å². The van der Waals surface area contributed by atoms with Gasteiger partial charge in [0.2, 0.25) is 0 Å². The van der Waals surface area contributed by atoms with Gasteiger partial charge in [-0.15, -0.1) is 0 Å². The van der Waals surface area contributed by atoms with Crippen molar-refractivity contribution in [1.29, 1.82) is 0 Å². The van der Waals surface area contributed by atoms with Gasteiger partial charge >= 0.3 is 6.18 Å². The molecule has 2 aromatic carbocycles. The summed E-state index contributed by atoms with van der Waals surface area (Å²) in [6.45, 7) is 0. The lowest BCUT2D eigenvalue weighted by Gasteiger charge is -2.12. The predicted octanol–water partition coefficient (Wildman–Crippen LogP) is 6.36. The van der Waals surface area contributed by atoms with E-state index in [1.165, 1.54) is 0 Å². The van der Waals surface area contributed by atoms with E-state index in [2.05, 4.69) is 15.9 Å². The van der Waals surface area contributed by atoms with Crippen LogP contribution < -0.4 is 0 Å². The van der Waals surface area contributed by atoms with E-state index in [1.807, 2.05) is 36.4 Å². The van der Waals surface area contributed by atoms with E-state index in [9.17, 15) is 13.2 Å². The third kappa shape index (κ3) is 3.07. The van der Waals surface area contributed by atoms with Gasteiger partial charge in [-0.05, 0) is 30.2 Å². The van der Waals surface area contributed by atoms with Crippen LogP contribution in [0.5, 0.6) is 0 Å². The summed E-state index contributed by atoms with van der Waals surface area (Å²) in [5, 5.41) is 1.91. The van der Waals surface area contributed by atoms with Crippen LogP contribution in [0.3, 0.4) is 0 Å². The van der Waals surface area contributed by atoms with Crippen LogP contribution >= 0.6 is 15.9 Å². The van der Waals surface area contributed by atoms with Crippen LogP contribution in [0.1, 0.15) is 23.2 Å². The highest BCUT2D eigenvalue weighted by Crippen LogP contribution is 2.36. The van der Waals surface area contributed by atoms with Crippen LogP contribution in [0.2, 0.25) is 0 Å². The Morgan fingerprint density at radius 2 is 1.71 bits per heavy atom. The number of furan rings is 1. The maximum atomic E-state index is 12.3. The number of alkyl halides is 4. The summed E-state index contributed by atoms with van der Waals surface area (Å²) in [5.74, 6) is 0. The van der Waals surface area contributed by atoms with Crippen LogP contribution in [0.25, 0.3) is 21.9 Å². The molecular formula is C16H12BrF3O. The molecule has 0 amide bonds. The van der Waals surface area contributed by atoms with Gasteiger partial charge in [-0.2, -0.15) is 13.2 Å². The van der Waals surface area contributed by atoms with Gasteiger partial charge in [0.1, 0.15) is 11.2 Å². The zero-order chi connectivity index (χ0) is 15.0. The number of halogens is 4. The fourth-order valence-electron chi connectivity index (χ4n) is 2.40. The zero-order valence-corrected chi connectivity index (χ0v) is 12.5. The number of rotatable bonds is 3. The normalized spacial score (nSPS) is 13.9. The molecule has 1 heterocycles. The average molecular weight is 357 g/mol. The smallest absolute Gasteiger partial charge is 0.389 e. The van der Waals surface area contributed by atoms with Crippen LogP contribution in [0.15, 0.2) is 46.9 Å². The Kier molecular flexibility index (Phi) is 3.69. The minimum Gasteiger partial charge on any atom is -0.456 e. The van der Waals surface area contributed by atoms with E-state index >= 15 is 0 Å². The number of hydrogen-bond donors (Lipinski definition) is 0. The van der Waals surface area contributed by atoms with Gasteiger partial charge in [-0.25, -0.2) is 0 Å². The molecule has 0 aliphatic carbocycles. The first kappa shape index (κ1) is 14.4. The van der Waals surface area contributed by atoms with Crippen molar-refractivity contribution in [3.05, 3.63) is 48.0 Å². The molecule has 1 unspecified atom stereocenters. The molecule has 0 aliphatic heterocycles. The molecule has 3 aromatic rings. The molecule has 110 valence electrons. The standard InChI is InChI=1S/C16H12BrF3O/c17-13(7-8-16(18,19)20)10-5-6-15-12(9-10)11-3-1-2-4-14(11)21-15/h1-6,9,13H,7-8H2. The molecular weight excluding hydrogens is 345 g/mol. The monoisotopic (exact) mass is 356 g/mol. The molecule has 0 radical (unpaired) electrons. The number of hydrogen-bond acceptors (Lipinski definition) is 1. The first-order valence-electron chi connectivity index (χ1n) is 6.56. The molecule has 0 saturated carbocycles. The highest BCUT2D eigenvalue weighted by molar-refractivity contribution is 9.09. The average Bonchev–Trinajstić information content (AvgIpc) is 2.81. The molecule has 0 bridgehead atoms. The first-order chi connectivity index (χ1) is 9.94. The fourth-order valence-corrected chi connectivity index (χ4v) is 2.91. The SMILES string of the molecule is FC(F)(F)CCC(Br)c1ccc2oc3ccccc3c2c1. The van der Waals surface area contributed by atoms with Crippen molar-refractivity contribution in [3.63, 3.8) is 0 Å². The minimum absolute atomic E-state index is 0.0186. The van der Waals surface area contributed by atoms with Crippen molar-refractivity contribution in [3.8, 4) is 0 Å². The summed E-state index contributed by atoms with van der Waals surface area (Å²) in [7, 11) is 0. The number of fused-ring (bicyclic) bond motifs is 3. The third-order valence-electron chi connectivity index (χ3n) is 3.44. The second-order valence-corrected chi connectivity index (χ2v) is 6.08. The molecule has 0 spiro atoms. The van der Waals surface area contributed by atoms with E-state index in [0.29, 0.717) is 0 Å². The molecule has 1 nitrogen and oxygen atoms in total. The largest absolute Gasteiger partial charge is 0.456 e. The maximum Gasteiger partial charge on any atom is 0.389 e. The van der Waals surface area contributed by atoms with E-state index in [0.717, 1.165) is 27.5 Å². The Hall–Kier alpha value is -1.49. The lowest BCUT2D eigenvalue weighted by Crippen LogP contribution is -2.08. The topological polar surface area (TPSA) is 13.1 Å². The molecule has 0 N–H and O–H groups in total. The van der Waals surface area contributed by atoms with Crippen LogP contribution in [0, 0.1) is 0 Å². The Bertz CT molecular complexity index is 776. The zero-order valence-electron chi connectivity index (χ0n) is 11.0. The summed E-state index contributed by atoms with van der Waals surface area (Å²) >= 11 is 3.35. The summed E-state index contributed by atoms with van der Waals surface area (Å²) < 4.78 is 42.6. The van der Waals surface area contributed by atoms with Crippen molar-refractivity contribution in [2.75, 3.05) is 0 Å². The van der Waals surface area contributed by atoms with Gasteiger partial charge in [0.05, 0.1) is 0 Å². The number of benzene rings is 2. The van der Waals surface area contributed by atoms with Crippen molar-refractivity contribution in [1.82, 2.24) is 0 Å². The maximum absolute atomic E-state index is 12.3. The van der Waals surface area contributed by atoms with Crippen molar-refractivity contribution in [2.45, 2.75) is 23.8 Å². The van der Waals surface area contributed by atoms with Gasteiger partial charge < -0.3 is 4.42 Å². The van der Waals surface area contributed by atoms with Crippen LogP contribution in [0.4, 0.5) is 13.2 Å². The number of para-hydroxylation sites is 1. The van der Waals surface area contributed by atoms with Gasteiger partial charge in [0.25, 0.3) is 0 Å². The molecule has 5 heteroatoms. The van der Waals surface area contributed by atoms with Gasteiger partial charge in [0.15, 0.2) is 0 Å². The molecule has 1 aromatic heterocycles. The first-order valence-corrected chi connectivity index (χ1v) is 7.47.